The second-order valence-electron chi connectivity index (χ2n) is 8.68. The molecule has 1 aliphatic carbocycles. The molecule has 3 rings (SSSR count). The number of unbranched alkanes of at least 4 members (excludes halogenated alkanes) is 3. The van der Waals surface area contributed by atoms with Gasteiger partial charge in [0, 0.05) is 6.42 Å². The van der Waals surface area contributed by atoms with Crippen LogP contribution in [0.2, 0.25) is 0 Å². The molecule has 1 aromatic carbocycles. The number of nitrogens with one attached hydrogen (secondary N) is 1. The van der Waals surface area contributed by atoms with Gasteiger partial charge in [0.15, 0.2) is 5.79 Å². The quantitative estimate of drug-likeness (QED) is 0.339. The fourth-order valence-corrected chi connectivity index (χ4v) is 6.01. The predicted molar refractivity (Wildman–Crippen MR) is 122 cm³/mol. The van der Waals surface area contributed by atoms with Crippen molar-refractivity contribution in [2.75, 3.05) is 17.9 Å². The van der Waals surface area contributed by atoms with E-state index >= 15 is 0 Å². The Morgan fingerprint density at radius 1 is 1.18 bits per heavy atom. The van der Waals surface area contributed by atoms with Crippen LogP contribution in [0.1, 0.15) is 51.0 Å². The van der Waals surface area contributed by atoms with Gasteiger partial charge in [-0.3, -0.25) is 4.72 Å². The molecule has 0 amide bonds. The summed E-state index contributed by atoms with van der Waals surface area (Å²) < 4.78 is 54.2. The molecule has 1 fully saturated rings. The molecular weight excluding hydrogens is 469 g/mol. The molecule has 11 heteroatoms. The van der Waals surface area contributed by atoms with Crippen LogP contribution in [0.5, 0.6) is 0 Å². The maximum Gasteiger partial charge on any atom is 0.332 e. The van der Waals surface area contributed by atoms with Gasteiger partial charge in [-0.05, 0) is 49.1 Å². The number of aliphatic hydroxyl groups is 2. The van der Waals surface area contributed by atoms with E-state index in [-0.39, 0.29) is 18.5 Å². The number of aliphatic carboxylic acids is 1. The number of rotatable bonds is 11. The molecule has 9 nitrogen and oxygen atoms in total. The highest BCUT2D eigenvalue weighted by atomic mass is 32.2. The lowest BCUT2D eigenvalue weighted by Gasteiger charge is -2.33. The number of carboxylic acids is 1. The van der Waals surface area contributed by atoms with Crippen molar-refractivity contribution >= 4 is 21.7 Å². The monoisotopic (exact) mass is 501 g/mol. The molecule has 4 N–H and O–H groups in total. The first-order valence-corrected chi connectivity index (χ1v) is 13.0. The zero-order chi connectivity index (χ0) is 24.9. The first-order chi connectivity index (χ1) is 16.1. The highest BCUT2D eigenvalue weighted by Gasteiger charge is 2.51. The van der Waals surface area contributed by atoms with Gasteiger partial charge in [-0.15, -0.1) is 0 Å². The van der Waals surface area contributed by atoms with Crippen LogP contribution >= 0.6 is 0 Å². The standard InChI is InChI=1S/C23H32FNO8S/c1-2-3-4-5-6-15-11-16(24)7-8-18(15)25-34(30,31)21-9-10-23(12-17(21)22(28)29)32-19(13-26)20(14-27)33-23/h7-8,11-12,19-21,25-27H,2-6,9-10,13-14H2,1H3,(H,28,29)/t19-,20-,21?/m0/s1. The SMILES string of the molecule is CCCCCCc1cc(F)ccc1NS(=O)(=O)C1CCC2(C=C1C(=O)O)O[C@@H](CO)[C@H](CO)O2. The maximum atomic E-state index is 13.8. The largest absolute Gasteiger partial charge is 0.478 e. The van der Waals surface area contributed by atoms with E-state index in [2.05, 4.69) is 11.6 Å². The van der Waals surface area contributed by atoms with Crippen molar-refractivity contribution in [1.82, 2.24) is 0 Å². The van der Waals surface area contributed by atoms with Crippen molar-refractivity contribution in [2.45, 2.75) is 75.1 Å². The topological polar surface area (TPSA) is 142 Å². The second kappa shape index (κ2) is 11.1. The summed E-state index contributed by atoms with van der Waals surface area (Å²) in [5.74, 6) is -3.47. The molecule has 1 saturated heterocycles. The highest BCUT2D eigenvalue weighted by Crippen LogP contribution is 2.41. The van der Waals surface area contributed by atoms with Crippen LogP contribution < -0.4 is 4.72 Å². The van der Waals surface area contributed by atoms with Crippen LogP contribution in [0.15, 0.2) is 29.8 Å². The third kappa shape index (κ3) is 5.95. The summed E-state index contributed by atoms with van der Waals surface area (Å²) in [5.41, 5.74) is 0.296. The van der Waals surface area contributed by atoms with Gasteiger partial charge in [0.1, 0.15) is 23.3 Å². The van der Waals surface area contributed by atoms with Gasteiger partial charge < -0.3 is 24.8 Å². The van der Waals surface area contributed by atoms with E-state index < -0.39 is 63.8 Å². The summed E-state index contributed by atoms with van der Waals surface area (Å²) in [6.45, 7) is 1.18. The normalized spacial score (nSPS) is 24.2. The minimum Gasteiger partial charge on any atom is -0.478 e. The first kappa shape index (κ1) is 26.6. The van der Waals surface area contributed by atoms with E-state index in [0.29, 0.717) is 12.0 Å². The van der Waals surface area contributed by atoms with E-state index in [1.807, 2.05) is 0 Å². The number of aliphatic hydroxyl groups excluding tert-OH is 2. The second-order valence-corrected chi connectivity index (χ2v) is 10.5. The van der Waals surface area contributed by atoms with Gasteiger partial charge >= 0.3 is 5.97 Å². The van der Waals surface area contributed by atoms with Crippen LogP contribution in [-0.4, -0.2) is 66.2 Å². The Hall–Kier alpha value is -2.05. The van der Waals surface area contributed by atoms with Crippen LogP contribution in [-0.2, 0) is 30.7 Å². The van der Waals surface area contributed by atoms with Crippen molar-refractivity contribution in [3.8, 4) is 0 Å². The number of carboxylic acid groups (broad SMARTS) is 1. The average molecular weight is 502 g/mol. The summed E-state index contributed by atoms with van der Waals surface area (Å²) in [6.07, 6.45) is 3.49. The number of halogens is 1. The Morgan fingerprint density at radius 3 is 2.44 bits per heavy atom. The maximum absolute atomic E-state index is 13.8. The molecule has 0 bridgehead atoms. The average Bonchev–Trinajstić information content (AvgIpc) is 3.15. The summed E-state index contributed by atoms with van der Waals surface area (Å²) in [4.78, 5) is 12.0. The highest BCUT2D eigenvalue weighted by molar-refractivity contribution is 7.93. The number of carbonyl (C=O) groups is 1. The number of benzene rings is 1. The molecule has 1 unspecified atom stereocenters. The molecule has 0 radical (unpaired) electrons. The van der Waals surface area contributed by atoms with E-state index in [1.165, 1.54) is 12.1 Å². The van der Waals surface area contributed by atoms with Crippen molar-refractivity contribution < 1.29 is 42.4 Å². The van der Waals surface area contributed by atoms with Gasteiger partial charge in [0.2, 0.25) is 10.0 Å². The Kier molecular flexibility index (Phi) is 8.69. The van der Waals surface area contributed by atoms with E-state index in [9.17, 15) is 32.9 Å². The number of aryl methyl sites for hydroxylation is 1. The summed E-state index contributed by atoms with van der Waals surface area (Å²) in [7, 11) is -4.22. The molecule has 3 atom stereocenters. The van der Waals surface area contributed by atoms with Crippen molar-refractivity contribution in [1.29, 1.82) is 0 Å². The van der Waals surface area contributed by atoms with Crippen LogP contribution in [0.4, 0.5) is 10.1 Å². The smallest absolute Gasteiger partial charge is 0.332 e. The summed E-state index contributed by atoms with van der Waals surface area (Å²) in [6, 6.07) is 3.79. The zero-order valence-electron chi connectivity index (χ0n) is 19.1. The van der Waals surface area contributed by atoms with E-state index in [0.717, 1.165) is 37.8 Å². The minimum absolute atomic E-state index is 0.00957. The lowest BCUT2D eigenvalue weighted by molar-refractivity contribution is -0.153. The third-order valence-electron chi connectivity index (χ3n) is 6.19. The molecule has 1 aromatic rings. The van der Waals surface area contributed by atoms with Crippen LogP contribution in [0.3, 0.4) is 0 Å². The van der Waals surface area contributed by atoms with Crippen LogP contribution in [0, 0.1) is 5.82 Å². The molecule has 1 spiro atoms. The lowest BCUT2D eigenvalue weighted by Crippen LogP contribution is -2.42. The number of sulfonamides is 1. The van der Waals surface area contributed by atoms with Gasteiger partial charge in [-0.25, -0.2) is 17.6 Å². The van der Waals surface area contributed by atoms with E-state index in [4.69, 9.17) is 9.47 Å². The first-order valence-electron chi connectivity index (χ1n) is 11.5. The Morgan fingerprint density at radius 2 is 1.85 bits per heavy atom. The van der Waals surface area contributed by atoms with Crippen LogP contribution in [0.25, 0.3) is 0 Å². The van der Waals surface area contributed by atoms with Crippen molar-refractivity contribution in [3.63, 3.8) is 0 Å². The molecule has 2 aliphatic rings. The Labute approximate surface area is 198 Å². The molecule has 0 saturated carbocycles. The number of anilines is 1. The third-order valence-corrected chi connectivity index (χ3v) is 7.94. The van der Waals surface area contributed by atoms with Crippen molar-refractivity contribution in [3.05, 3.63) is 41.2 Å². The van der Waals surface area contributed by atoms with Gasteiger partial charge in [-0.2, -0.15) is 0 Å². The summed E-state index contributed by atoms with van der Waals surface area (Å²) >= 11 is 0. The van der Waals surface area contributed by atoms with Gasteiger partial charge in [-0.1, -0.05) is 26.2 Å². The fraction of sp³-hybridized carbons (Fsp3) is 0.609. The number of hydrogen-bond donors (Lipinski definition) is 4. The summed E-state index contributed by atoms with van der Waals surface area (Å²) in [5, 5.41) is 27.3. The predicted octanol–water partition coefficient (Wildman–Crippen LogP) is 2.33. The molecule has 34 heavy (non-hydrogen) atoms. The van der Waals surface area contributed by atoms with Gasteiger partial charge in [0.05, 0.1) is 24.5 Å². The molecule has 1 heterocycles. The number of hydrogen-bond acceptors (Lipinski definition) is 7. The lowest BCUT2D eigenvalue weighted by atomic mass is 9.94. The minimum atomic E-state index is -4.22. The van der Waals surface area contributed by atoms with Gasteiger partial charge in [0.25, 0.3) is 0 Å². The fourth-order valence-electron chi connectivity index (χ4n) is 4.43. The molecular formula is C23H32FNO8S. The molecule has 190 valence electrons. The molecule has 0 aromatic heterocycles. The zero-order valence-corrected chi connectivity index (χ0v) is 19.9. The number of ether oxygens (including phenoxy) is 2. The van der Waals surface area contributed by atoms with Crippen molar-refractivity contribution in [2.24, 2.45) is 0 Å². The Bertz CT molecular complexity index is 1000. The van der Waals surface area contributed by atoms with E-state index in [1.54, 1.807) is 0 Å². The Balaban J connectivity index is 1.85. The molecule has 1 aliphatic heterocycles.